The number of hydrogen-bond acceptors (Lipinski definition) is 2. The summed E-state index contributed by atoms with van der Waals surface area (Å²) in [4.78, 5) is 25.2. The Hall–Kier alpha value is -1.26. The van der Waals surface area contributed by atoms with Gasteiger partial charge >= 0.3 is 12.0 Å². The van der Waals surface area contributed by atoms with E-state index in [1.807, 2.05) is 4.90 Å². The predicted molar refractivity (Wildman–Crippen MR) is 76.6 cm³/mol. The molecule has 2 unspecified atom stereocenters. The Morgan fingerprint density at radius 3 is 2.25 bits per heavy atom. The molecular weight excluding hydrogens is 256 g/mol. The van der Waals surface area contributed by atoms with Gasteiger partial charge in [0.2, 0.25) is 0 Å². The van der Waals surface area contributed by atoms with Crippen molar-refractivity contribution in [1.82, 2.24) is 10.2 Å². The van der Waals surface area contributed by atoms with Crippen LogP contribution in [0.5, 0.6) is 0 Å². The maximum absolute atomic E-state index is 12.3. The van der Waals surface area contributed by atoms with E-state index >= 15 is 0 Å². The molecular formula is C15H26N2O3. The molecule has 2 N–H and O–H groups in total. The molecule has 20 heavy (non-hydrogen) atoms. The van der Waals surface area contributed by atoms with Crippen molar-refractivity contribution in [3.05, 3.63) is 0 Å². The molecule has 5 nitrogen and oxygen atoms in total. The first kappa shape index (κ1) is 15.1. The largest absolute Gasteiger partial charge is 0.481 e. The second-order valence-corrected chi connectivity index (χ2v) is 6.10. The van der Waals surface area contributed by atoms with Gasteiger partial charge < -0.3 is 15.3 Å². The van der Waals surface area contributed by atoms with Crippen molar-refractivity contribution in [2.75, 3.05) is 13.1 Å². The molecule has 5 heteroatoms. The van der Waals surface area contributed by atoms with E-state index in [0.717, 1.165) is 45.2 Å². The second-order valence-electron chi connectivity index (χ2n) is 6.10. The molecule has 1 saturated heterocycles. The molecule has 1 saturated carbocycles. The number of hydrogen-bond donors (Lipinski definition) is 2. The highest BCUT2D eigenvalue weighted by Gasteiger charge is 2.28. The molecule has 2 aliphatic rings. The molecule has 0 bridgehead atoms. The normalized spacial score (nSPS) is 28.3. The van der Waals surface area contributed by atoms with Gasteiger partial charge in [-0.05, 0) is 32.1 Å². The summed E-state index contributed by atoms with van der Waals surface area (Å²) >= 11 is 0. The molecule has 114 valence electrons. The fraction of sp³-hybridized carbons (Fsp3) is 0.867. The van der Waals surface area contributed by atoms with Crippen LogP contribution < -0.4 is 5.32 Å². The van der Waals surface area contributed by atoms with Crippen LogP contribution in [-0.4, -0.2) is 41.1 Å². The van der Waals surface area contributed by atoms with Gasteiger partial charge in [0, 0.05) is 19.1 Å². The summed E-state index contributed by atoms with van der Waals surface area (Å²) in [6.45, 7) is 1.67. The lowest BCUT2D eigenvalue weighted by Gasteiger charge is -2.31. The van der Waals surface area contributed by atoms with Crippen molar-refractivity contribution in [2.24, 2.45) is 5.92 Å². The zero-order chi connectivity index (χ0) is 14.4. The summed E-state index contributed by atoms with van der Waals surface area (Å²) in [7, 11) is 0. The van der Waals surface area contributed by atoms with E-state index in [1.54, 1.807) is 0 Å². The Morgan fingerprint density at radius 1 is 0.950 bits per heavy atom. The number of amides is 2. The van der Waals surface area contributed by atoms with Crippen LogP contribution in [0.4, 0.5) is 4.79 Å². The van der Waals surface area contributed by atoms with E-state index in [-0.39, 0.29) is 18.0 Å². The minimum absolute atomic E-state index is 0.00272. The lowest BCUT2D eigenvalue weighted by atomic mass is 9.86. The summed E-state index contributed by atoms with van der Waals surface area (Å²) in [5.74, 6) is -1.02. The maximum atomic E-state index is 12.3. The van der Waals surface area contributed by atoms with E-state index < -0.39 is 5.97 Å². The fourth-order valence-corrected chi connectivity index (χ4v) is 3.26. The van der Waals surface area contributed by atoms with Crippen molar-refractivity contribution in [3.63, 3.8) is 0 Å². The first-order valence-corrected chi connectivity index (χ1v) is 7.95. The monoisotopic (exact) mass is 282 g/mol. The molecule has 2 rings (SSSR count). The Kier molecular flexibility index (Phi) is 5.68. The van der Waals surface area contributed by atoms with Gasteiger partial charge in [-0.1, -0.05) is 25.7 Å². The molecule has 0 aromatic carbocycles. The van der Waals surface area contributed by atoms with E-state index in [9.17, 15) is 9.59 Å². The SMILES string of the molecule is O=C(O)C1CCCC(NC(=O)N2CCCCCCC2)C1. The van der Waals surface area contributed by atoms with E-state index in [1.165, 1.54) is 19.3 Å². The van der Waals surface area contributed by atoms with Gasteiger partial charge in [0.1, 0.15) is 0 Å². The Labute approximate surface area is 120 Å². The molecule has 1 aliphatic heterocycles. The smallest absolute Gasteiger partial charge is 0.317 e. The lowest BCUT2D eigenvalue weighted by molar-refractivity contribution is -0.143. The molecule has 2 amide bonds. The highest BCUT2D eigenvalue weighted by atomic mass is 16.4. The van der Waals surface area contributed by atoms with Crippen molar-refractivity contribution in [2.45, 2.75) is 63.8 Å². The van der Waals surface area contributed by atoms with Gasteiger partial charge in [0.15, 0.2) is 0 Å². The molecule has 1 heterocycles. The molecule has 0 aromatic heterocycles. The number of urea groups is 1. The van der Waals surface area contributed by atoms with Crippen LogP contribution in [0.15, 0.2) is 0 Å². The molecule has 0 radical (unpaired) electrons. The predicted octanol–water partition coefficient (Wildman–Crippen LogP) is 2.61. The third-order valence-corrected chi connectivity index (χ3v) is 4.49. The van der Waals surface area contributed by atoms with Crippen LogP contribution >= 0.6 is 0 Å². The number of nitrogens with one attached hydrogen (secondary N) is 1. The quantitative estimate of drug-likeness (QED) is 0.818. The Morgan fingerprint density at radius 2 is 1.60 bits per heavy atom. The summed E-state index contributed by atoms with van der Waals surface area (Å²) < 4.78 is 0. The minimum atomic E-state index is -0.727. The average molecular weight is 282 g/mol. The van der Waals surface area contributed by atoms with Crippen LogP contribution in [-0.2, 0) is 4.79 Å². The average Bonchev–Trinajstić information content (AvgIpc) is 2.38. The van der Waals surface area contributed by atoms with Crippen LogP contribution in [0.2, 0.25) is 0 Å². The van der Waals surface area contributed by atoms with Crippen LogP contribution in [0.3, 0.4) is 0 Å². The number of carboxylic acids is 1. The Bertz CT molecular complexity index is 338. The van der Waals surface area contributed by atoms with Crippen molar-refractivity contribution >= 4 is 12.0 Å². The van der Waals surface area contributed by atoms with Crippen LogP contribution in [0.1, 0.15) is 57.8 Å². The summed E-state index contributed by atoms with van der Waals surface area (Å²) in [6, 6.07) is 0.0331. The number of carbonyl (C=O) groups is 2. The summed E-state index contributed by atoms with van der Waals surface area (Å²) in [5, 5.41) is 12.1. The third kappa shape index (κ3) is 4.39. The summed E-state index contributed by atoms with van der Waals surface area (Å²) in [5.41, 5.74) is 0. The molecule has 2 atom stereocenters. The fourth-order valence-electron chi connectivity index (χ4n) is 3.26. The standard InChI is InChI=1S/C15H26N2O3/c18-14(19)12-7-6-8-13(11-12)16-15(20)17-9-4-2-1-3-5-10-17/h12-13H,1-11H2,(H,16,20)(H,18,19). The van der Waals surface area contributed by atoms with Crippen molar-refractivity contribution < 1.29 is 14.7 Å². The first-order valence-electron chi connectivity index (χ1n) is 7.95. The number of rotatable bonds is 2. The van der Waals surface area contributed by atoms with Gasteiger partial charge in [-0.3, -0.25) is 4.79 Å². The maximum Gasteiger partial charge on any atom is 0.317 e. The van der Waals surface area contributed by atoms with Crippen LogP contribution in [0.25, 0.3) is 0 Å². The third-order valence-electron chi connectivity index (χ3n) is 4.49. The molecule has 1 aliphatic carbocycles. The first-order chi connectivity index (χ1) is 9.66. The second kappa shape index (κ2) is 7.50. The number of nitrogens with zero attached hydrogens (tertiary/aromatic N) is 1. The van der Waals surface area contributed by atoms with E-state index in [4.69, 9.17) is 5.11 Å². The van der Waals surface area contributed by atoms with Crippen molar-refractivity contribution in [3.8, 4) is 0 Å². The Balaban J connectivity index is 1.81. The van der Waals surface area contributed by atoms with Gasteiger partial charge in [-0.2, -0.15) is 0 Å². The highest BCUT2D eigenvalue weighted by molar-refractivity contribution is 5.75. The van der Waals surface area contributed by atoms with E-state index in [2.05, 4.69) is 5.32 Å². The lowest BCUT2D eigenvalue weighted by Crippen LogP contribution is -2.47. The van der Waals surface area contributed by atoms with Gasteiger partial charge in [0.05, 0.1) is 5.92 Å². The van der Waals surface area contributed by atoms with E-state index in [0.29, 0.717) is 6.42 Å². The summed E-state index contributed by atoms with van der Waals surface area (Å²) in [6.07, 6.45) is 8.96. The van der Waals surface area contributed by atoms with Crippen molar-refractivity contribution in [1.29, 1.82) is 0 Å². The number of likely N-dealkylation sites (tertiary alicyclic amines) is 1. The van der Waals surface area contributed by atoms with Crippen LogP contribution in [0, 0.1) is 5.92 Å². The molecule has 0 spiro atoms. The van der Waals surface area contributed by atoms with Gasteiger partial charge in [-0.25, -0.2) is 4.79 Å². The number of carbonyl (C=O) groups excluding carboxylic acids is 1. The number of aliphatic carboxylic acids is 1. The zero-order valence-corrected chi connectivity index (χ0v) is 12.1. The zero-order valence-electron chi connectivity index (χ0n) is 12.1. The number of carboxylic acid groups (broad SMARTS) is 1. The molecule has 0 aromatic rings. The van der Waals surface area contributed by atoms with Gasteiger partial charge in [0.25, 0.3) is 0 Å². The highest BCUT2D eigenvalue weighted by Crippen LogP contribution is 2.24. The topological polar surface area (TPSA) is 69.6 Å². The molecule has 2 fully saturated rings. The van der Waals surface area contributed by atoms with Gasteiger partial charge in [-0.15, -0.1) is 0 Å². The minimum Gasteiger partial charge on any atom is -0.481 e.